The summed E-state index contributed by atoms with van der Waals surface area (Å²) in [5.41, 5.74) is 4.83. The fourth-order valence-electron chi connectivity index (χ4n) is 0.607. The van der Waals surface area contributed by atoms with E-state index in [2.05, 4.69) is 5.32 Å². The Kier molecular flexibility index (Phi) is 4.74. The minimum Gasteiger partial charge on any atom is -0.444 e. The van der Waals surface area contributed by atoms with Crippen molar-refractivity contribution in [3.63, 3.8) is 0 Å². The third-order valence-corrected chi connectivity index (χ3v) is 1.05. The van der Waals surface area contributed by atoms with Crippen molar-refractivity contribution >= 4 is 13.4 Å². The molecular formula is C7H17BN2O2. The van der Waals surface area contributed by atoms with Gasteiger partial charge >= 0.3 is 6.09 Å². The van der Waals surface area contributed by atoms with E-state index in [0.29, 0.717) is 12.9 Å². The zero-order valence-electron chi connectivity index (χ0n) is 8.02. The molecule has 0 aliphatic heterocycles. The second kappa shape index (κ2) is 5.03. The molecule has 12 heavy (non-hydrogen) atoms. The summed E-state index contributed by atoms with van der Waals surface area (Å²) in [6.45, 7) is 5.49. The van der Waals surface area contributed by atoms with Gasteiger partial charge in [-0.25, -0.2) is 4.79 Å². The number of nitrogens with one attached hydrogen (secondary N) is 1. The van der Waals surface area contributed by atoms with Gasteiger partial charge in [0.15, 0.2) is 7.28 Å². The Hall–Kier alpha value is -0.705. The molecule has 0 aliphatic carbocycles. The molecule has 0 bridgehead atoms. The highest BCUT2D eigenvalue weighted by atomic mass is 16.6. The summed E-state index contributed by atoms with van der Waals surface area (Å²) < 4.78 is 4.99. The van der Waals surface area contributed by atoms with Crippen LogP contribution in [0.2, 0.25) is 0 Å². The Bertz CT molecular complexity index is 145. The van der Waals surface area contributed by atoms with E-state index in [1.807, 2.05) is 20.8 Å². The van der Waals surface area contributed by atoms with Gasteiger partial charge in [0, 0.05) is 0 Å². The van der Waals surface area contributed by atoms with Gasteiger partial charge in [0.1, 0.15) is 5.60 Å². The molecule has 0 unspecified atom stereocenters. The van der Waals surface area contributed by atoms with Crippen LogP contribution in [0.3, 0.4) is 0 Å². The SMILES string of the molecule is CC(C)(C)OC(=O)NCBCN. The Morgan fingerprint density at radius 3 is 2.58 bits per heavy atom. The Morgan fingerprint density at radius 1 is 1.58 bits per heavy atom. The number of alkyl carbamates (subject to hydrolysis) is 1. The van der Waals surface area contributed by atoms with Crippen molar-refractivity contribution in [1.29, 1.82) is 0 Å². The maximum Gasteiger partial charge on any atom is 0.406 e. The summed E-state index contributed by atoms with van der Waals surface area (Å²) in [5, 5.41) is 2.60. The third kappa shape index (κ3) is 7.40. The lowest BCUT2D eigenvalue weighted by atomic mass is 9.79. The van der Waals surface area contributed by atoms with Crippen LogP contribution in [0, 0.1) is 0 Å². The predicted molar refractivity (Wildman–Crippen MR) is 50.4 cm³/mol. The minimum absolute atomic E-state index is 0.379. The van der Waals surface area contributed by atoms with Crippen molar-refractivity contribution < 1.29 is 9.53 Å². The van der Waals surface area contributed by atoms with Crippen LogP contribution >= 0.6 is 0 Å². The first-order valence-electron chi connectivity index (χ1n) is 4.12. The number of amides is 1. The summed E-state index contributed by atoms with van der Waals surface area (Å²) in [4.78, 5) is 11.0. The number of ether oxygens (including phenoxy) is 1. The van der Waals surface area contributed by atoms with Gasteiger partial charge in [0.2, 0.25) is 0 Å². The lowest BCUT2D eigenvalue weighted by Crippen LogP contribution is -2.36. The predicted octanol–water partition coefficient (Wildman–Crippen LogP) is -0.179. The van der Waals surface area contributed by atoms with Gasteiger partial charge in [-0.2, -0.15) is 0 Å². The van der Waals surface area contributed by atoms with Crippen molar-refractivity contribution in [3.05, 3.63) is 0 Å². The van der Waals surface area contributed by atoms with Crippen LogP contribution in [-0.4, -0.2) is 31.9 Å². The maximum atomic E-state index is 11.0. The van der Waals surface area contributed by atoms with Crippen LogP contribution in [0.1, 0.15) is 20.8 Å². The first-order valence-corrected chi connectivity index (χ1v) is 4.12. The summed E-state index contributed by atoms with van der Waals surface area (Å²) >= 11 is 0. The topological polar surface area (TPSA) is 64.3 Å². The van der Waals surface area contributed by atoms with Crippen LogP contribution in [0.25, 0.3) is 0 Å². The number of carbonyl (C=O) groups is 1. The molecule has 0 aliphatic rings. The largest absolute Gasteiger partial charge is 0.444 e. The quantitative estimate of drug-likeness (QED) is 0.458. The molecule has 0 aromatic carbocycles. The van der Waals surface area contributed by atoms with Crippen molar-refractivity contribution in [2.45, 2.75) is 26.4 Å². The molecule has 0 saturated heterocycles. The van der Waals surface area contributed by atoms with Crippen LogP contribution in [-0.2, 0) is 4.74 Å². The van der Waals surface area contributed by atoms with Gasteiger partial charge in [0.05, 0.1) is 0 Å². The molecular weight excluding hydrogens is 155 g/mol. The van der Waals surface area contributed by atoms with Crippen molar-refractivity contribution in [2.75, 3.05) is 12.9 Å². The van der Waals surface area contributed by atoms with Crippen LogP contribution in [0.4, 0.5) is 4.79 Å². The Labute approximate surface area is 74.1 Å². The first-order chi connectivity index (χ1) is 5.45. The number of nitrogens with two attached hydrogens (primary N) is 1. The molecule has 0 saturated carbocycles. The van der Waals surface area contributed by atoms with E-state index < -0.39 is 5.60 Å². The molecule has 0 fully saturated rings. The van der Waals surface area contributed by atoms with Gasteiger partial charge in [0.25, 0.3) is 0 Å². The molecule has 4 nitrogen and oxygen atoms in total. The summed E-state index contributed by atoms with van der Waals surface area (Å²) in [6, 6.07) is 0. The number of rotatable bonds is 3. The lowest BCUT2D eigenvalue weighted by molar-refractivity contribution is 0.0537. The monoisotopic (exact) mass is 172 g/mol. The van der Waals surface area contributed by atoms with E-state index in [1.54, 1.807) is 0 Å². The number of hydrogen-bond acceptors (Lipinski definition) is 3. The van der Waals surface area contributed by atoms with E-state index in [9.17, 15) is 4.79 Å². The average Bonchev–Trinajstić information content (AvgIpc) is 1.84. The smallest absolute Gasteiger partial charge is 0.406 e. The van der Waals surface area contributed by atoms with Gasteiger partial charge < -0.3 is 15.8 Å². The van der Waals surface area contributed by atoms with E-state index >= 15 is 0 Å². The molecule has 0 heterocycles. The third-order valence-electron chi connectivity index (χ3n) is 1.05. The van der Waals surface area contributed by atoms with Crippen LogP contribution in [0.5, 0.6) is 0 Å². The zero-order chi connectivity index (χ0) is 9.61. The molecule has 0 spiro atoms. The summed E-state index contributed by atoms with van der Waals surface area (Å²) in [7, 11) is 0.777. The molecule has 0 rings (SSSR count). The normalized spacial score (nSPS) is 10.7. The van der Waals surface area contributed by atoms with E-state index in [4.69, 9.17) is 10.5 Å². The highest BCUT2D eigenvalue weighted by Gasteiger charge is 2.15. The van der Waals surface area contributed by atoms with Crippen LogP contribution in [0.15, 0.2) is 0 Å². The molecule has 0 aromatic heterocycles. The van der Waals surface area contributed by atoms with Gasteiger partial charge in [-0.3, -0.25) is 0 Å². The van der Waals surface area contributed by atoms with E-state index in [-0.39, 0.29) is 6.09 Å². The van der Waals surface area contributed by atoms with Crippen molar-refractivity contribution in [3.8, 4) is 0 Å². The fourth-order valence-corrected chi connectivity index (χ4v) is 0.607. The summed E-state index contributed by atoms with van der Waals surface area (Å²) in [6.07, 6.45) is 0.775. The first kappa shape index (κ1) is 11.3. The average molecular weight is 172 g/mol. The highest BCUT2D eigenvalue weighted by Crippen LogP contribution is 2.05. The van der Waals surface area contributed by atoms with E-state index in [1.165, 1.54) is 0 Å². The second-order valence-corrected chi connectivity index (χ2v) is 3.57. The fraction of sp³-hybridized carbons (Fsp3) is 0.857. The lowest BCUT2D eigenvalue weighted by Gasteiger charge is -2.19. The van der Waals surface area contributed by atoms with Gasteiger partial charge in [-0.15, -0.1) is 0 Å². The second-order valence-electron chi connectivity index (χ2n) is 3.57. The molecule has 5 heteroatoms. The highest BCUT2D eigenvalue weighted by molar-refractivity contribution is 6.36. The minimum atomic E-state index is -0.424. The Balaban J connectivity index is 3.47. The number of hydrogen-bond donors (Lipinski definition) is 2. The van der Waals surface area contributed by atoms with Crippen molar-refractivity contribution in [2.24, 2.45) is 5.73 Å². The standard InChI is InChI=1S/C7H17BN2O2/c1-7(2,3)12-6(11)10-5-8-4-9/h8H,4-5,9H2,1-3H3,(H,10,11). The van der Waals surface area contributed by atoms with Gasteiger partial charge in [-0.05, 0) is 33.7 Å². The number of carbonyl (C=O) groups excluding carboxylic acids is 1. The van der Waals surface area contributed by atoms with E-state index in [0.717, 1.165) is 7.28 Å². The molecule has 1 amide bonds. The van der Waals surface area contributed by atoms with Crippen molar-refractivity contribution in [1.82, 2.24) is 5.32 Å². The maximum absolute atomic E-state index is 11.0. The molecule has 0 aromatic rings. The molecule has 0 atom stereocenters. The van der Waals surface area contributed by atoms with Crippen LogP contribution < -0.4 is 11.1 Å². The summed E-state index contributed by atoms with van der Waals surface area (Å²) in [5.74, 6) is 0. The molecule has 70 valence electrons. The zero-order valence-corrected chi connectivity index (χ0v) is 8.02. The van der Waals surface area contributed by atoms with Gasteiger partial charge in [-0.1, -0.05) is 0 Å². The Morgan fingerprint density at radius 2 is 2.17 bits per heavy atom. The molecule has 0 radical (unpaired) electrons. The molecule has 3 N–H and O–H groups in total.